The highest BCUT2D eigenvalue weighted by molar-refractivity contribution is 6.30. The van der Waals surface area contributed by atoms with Gasteiger partial charge in [0, 0.05) is 35.6 Å². The van der Waals surface area contributed by atoms with Gasteiger partial charge in [-0.15, -0.1) is 0 Å². The summed E-state index contributed by atoms with van der Waals surface area (Å²) in [5, 5.41) is 3.54. The summed E-state index contributed by atoms with van der Waals surface area (Å²) in [6, 6.07) is 13.1. The van der Waals surface area contributed by atoms with E-state index in [1.54, 1.807) is 0 Å². The van der Waals surface area contributed by atoms with E-state index in [0.717, 1.165) is 28.5 Å². The number of hydrogen-bond donors (Lipinski definition) is 2. The fourth-order valence-corrected chi connectivity index (χ4v) is 2.59. The maximum absolute atomic E-state index is 11.6. The lowest BCUT2D eigenvalue weighted by Crippen LogP contribution is -2.19. The molecule has 0 spiro atoms. The van der Waals surface area contributed by atoms with Gasteiger partial charge in [-0.1, -0.05) is 29.8 Å². The first-order valence-electron chi connectivity index (χ1n) is 6.70. The van der Waals surface area contributed by atoms with Crippen LogP contribution >= 0.6 is 11.6 Å². The number of nitrogens with two attached hydrogens (primary N) is 1. The molecule has 21 heavy (non-hydrogen) atoms. The van der Waals surface area contributed by atoms with Crippen LogP contribution in [-0.2, 0) is 11.3 Å². The Morgan fingerprint density at radius 3 is 2.67 bits per heavy atom. The summed E-state index contributed by atoms with van der Waals surface area (Å²) in [6.07, 6.45) is 0. The third-order valence-electron chi connectivity index (χ3n) is 3.69. The van der Waals surface area contributed by atoms with Crippen molar-refractivity contribution in [2.45, 2.75) is 12.6 Å². The molecule has 1 aliphatic heterocycles. The van der Waals surface area contributed by atoms with Crippen LogP contribution in [0.1, 0.15) is 17.2 Å². The van der Waals surface area contributed by atoms with Crippen molar-refractivity contribution in [3.8, 4) is 0 Å². The Labute approximate surface area is 128 Å². The van der Waals surface area contributed by atoms with Gasteiger partial charge < -0.3 is 16.0 Å². The predicted octanol–water partition coefficient (Wildman–Crippen LogP) is 2.93. The van der Waals surface area contributed by atoms with E-state index in [0.29, 0.717) is 0 Å². The number of carbonyl (C=O) groups excluding carboxylic acids is 1. The Bertz CT molecular complexity index is 684. The molecule has 1 heterocycles. The first-order chi connectivity index (χ1) is 10.0. The Hall–Kier alpha value is -2.04. The van der Waals surface area contributed by atoms with Gasteiger partial charge in [-0.3, -0.25) is 4.79 Å². The zero-order valence-electron chi connectivity index (χ0n) is 11.6. The van der Waals surface area contributed by atoms with E-state index >= 15 is 0 Å². The Morgan fingerprint density at radius 2 is 1.95 bits per heavy atom. The lowest BCUT2D eigenvalue weighted by molar-refractivity contribution is -0.116. The van der Waals surface area contributed by atoms with Crippen LogP contribution < -0.4 is 16.0 Å². The number of nitrogens with zero attached hydrogens (tertiary/aromatic N) is 1. The van der Waals surface area contributed by atoms with Crippen molar-refractivity contribution in [3.63, 3.8) is 0 Å². The quantitative estimate of drug-likeness (QED) is 0.916. The second-order valence-corrected chi connectivity index (χ2v) is 5.66. The Balaban J connectivity index is 1.80. The number of nitrogens with one attached hydrogen (secondary N) is 1. The lowest BCUT2D eigenvalue weighted by Gasteiger charge is -2.20. The van der Waals surface area contributed by atoms with Gasteiger partial charge in [0.05, 0.1) is 0 Å². The predicted molar refractivity (Wildman–Crippen MR) is 85.6 cm³/mol. The second kappa shape index (κ2) is 5.39. The summed E-state index contributed by atoms with van der Waals surface area (Å²) < 4.78 is 0. The van der Waals surface area contributed by atoms with Crippen molar-refractivity contribution in [3.05, 3.63) is 58.6 Å². The molecule has 3 N–H and O–H groups in total. The number of benzene rings is 2. The topological polar surface area (TPSA) is 58.4 Å². The van der Waals surface area contributed by atoms with Crippen LogP contribution in [0, 0.1) is 0 Å². The molecule has 0 radical (unpaired) electrons. The standard InChI is InChI=1S/C16H16ClN3O/c1-20(9-10-2-4-11(17)5-3-10)12-6-7-13-14(8-12)19-16(21)15(13)18/h2-8,15H,9,18H2,1H3,(H,19,21). The van der Waals surface area contributed by atoms with Crippen molar-refractivity contribution >= 4 is 28.9 Å². The maximum Gasteiger partial charge on any atom is 0.245 e. The van der Waals surface area contributed by atoms with Crippen molar-refractivity contribution in [1.82, 2.24) is 0 Å². The number of anilines is 2. The summed E-state index contributed by atoms with van der Waals surface area (Å²) in [6.45, 7) is 0.760. The molecular formula is C16H16ClN3O. The van der Waals surface area contributed by atoms with Crippen LogP contribution in [0.15, 0.2) is 42.5 Å². The van der Waals surface area contributed by atoms with Gasteiger partial charge in [0.1, 0.15) is 6.04 Å². The highest BCUT2D eigenvalue weighted by atomic mass is 35.5. The molecule has 1 amide bonds. The summed E-state index contributed by atoms with van der Waals surface area (Å²) in [5.41, 5.74) is 9.66. The summed E-state index contributed by atoms with van der Waals surface area (Å²) in [7, 11) is 2.01. The van der Waals surface area contributed by atoms with E-state index in [2.05, 4.69) is 10.2 Å². The molecule has 0 fully saturated rings. The highest BCUT2D eigenvalue weighted by Gasteiger charge is 2.27. The van der Waals surface area contributed by atoms with Crippen LogP contribution in [0.2, 0.25) is 5.02 Å². The largest absolute Gasteiger partial charge is 0.370 e. The number of amides is 1. The number of fused-ring (bicyclic) bond motifs is 1. The molecule has 0 bridgehead atoms. The van der Waals surface area contributed by atoms with Crippen LogP contribution in [0.5, 0.6) is 0 Å². The first-order valence-corrected chi connectivity index (χ1v) is 7.08. The minimum atomic E-state index is -0.560. The maximum atomic E-state index is 11.6. The van der Waals surface area contributed by atoms with E-state index < -0.39 is 6.04 Å². The van der Waals surface area contributed by atoms with Crippen molar-refractivity contribution in [1.29, 1.82) is 0 Å². The van der Waals surface area contributed by atoms with Crippen molar-refractivity contribution in [2.75, 3.05) is 17.3 Å². The lowest BCUT2D eigenvalue weighted by atomic mass is 10.1. The first kappa shape index (κ1) is 13.9. The molecule has 0 saturated heterocycles. The monoisotopic (exact) mass is 301 g/mol. The van der Waals surface area contributed by atoms with E-state index in [-0.39, 0.29) is 5.91 Å². The van der Waals surface area contributed by atoms with Crippen molar-refractivity contribution < 1.29 is 4.79 Å². The molecule has 3 rings (SSSR count). The van der Waals surface area contributed by atoms with E-state index in [1.165, 1.54) is 5.56 Å². The average Bonchev–Trinajstić information content (AvgIpc) is 2.76. The van der Waals surface area contributed by atoms with Crippen LogP contribution in [0.3, 0.4) is 0 Å². The Morgan fingerprint density at radius 1 is 1.24 bits per heavy atom. The van der Waals surface area contributed by atoms with Crippen LogP contribution in [-0.4, -0.2) is 13.0 Å². The van der Waals surface area contributed by atoms with E-state index in [1.807, 2.05) is 49.5 Å². The number of carbonyl (C=O) groups is 1. The number of hydrogen-bond acceptors (Lipinski definition) is 3. The molecule has 2 aromatic rings. The van der Waals surface area contributed by atoms with Gasteiger partial charge in [0.15, 0.2) is 0 Å². The minimum Gasteiger partial charge on any atom is -0.370 e. The number of rotatable bonds is 3. The van der Waals surface area contributed by atoms with Gasteiger partial charge in [0.2, 0.25) is 5.91 Å². The molecule has 5 heteroatoms. The fourth-order valence-electron chi connectivity index (χ4n) is 2.47. The zero-order valence-corrected chi connectivity index (χ0v) is 12.4. The smallest absolute Gasteiger partial charge is 0.245 e. The minimum absolute atomic E-state index is 0.150. The highest BCUT2D eigenvalue weighted by Crippen LogP contribution is 2.32. The zero-order chi connectivity index (χ0) is 15.0. The molecule has 108 valence electrons. The summed E-state index contributed by atoms with van der Waals surface area (Å²) >= 11 is 5.89. The third-order valence-corrected chi connectivity index (χ3v) is 3.94. The molecule has 1 unspecified atom stereocenters. The fraction of sp³-hybridized carbons (Fsp3) is 0.188. The van der Waals surface area contributed by atoms with Crippen LogP contribution in [0.4, 0.5) is 11.4 Å². The van der Waals surface area contributed by atoms with Crippen molar-refractivity contribution in [2.24, 2.45) is 5.73 Å². The van der Waals surface area contributed by atoms with E-state index in [9.17, 15) is 4.79 Å². The molecule has 2 aromatic carbocycles. The molecule has 0 aromatic heterocycles. The van der Waals surface area contributed by atoms with Gasteiger partial charge in [-0.2, -0.15) is 0 Å². The van der Waals surface area contributed by atoms with Gasteiger partial charge in [0.25, 0.3) is 0 Å². The SMILES string of the molecule is CN(Cc1ccc(Cl)cc1)c1ccc2c(c1)NC(=O)C2N. The normalized spacial score (nSPS) is 16.5. The molecular weight excluding hydrogens is 286 g/mol. The van der Waals surface area contributed by atoms with Gasteiger partial charge in [-0.05, 0) is 29.8 Å². The second-order valence-electron chi connectivity index (χ2n) is 5.22. The summed E-state index contributed by atoms with van der Waals surface area (Å²) in [4.78, 5) is 13.7. The Kier molecular flexibility index (Phi) is 3.57. The average molecular weight is 302 g/mol. The van der Waals surface area contributed by atoms with Gasteiger partial charge in [-0.25, -0.2) is 0 Å². The summed E-state index contributed by atoms with van der Waals surface area (Å²) in [5.74, 6) is -0.150. The number of halogens is 1. The molecule has 1 atom stereocenters. The van der Waals surface area contributed by atoms with E-state index in [4.69, 9.17) is 17.3 Å². The van der Waals surface area contributed by atoms with Crippen LogP contribution in [0.25, 0.3) is 0 Å². The molecule has 4 nitrogen and oxygen atoms in total. The molecule has 1 aliphatic rings. The third kappa shape index (κ3) is 2.73. The van der Waals surface area contributed by atoms with Gasteiger partial charge >= 0.3 is 0 Å². The molecule has 0 aliphatic carbocycles. The molecule has 0 saturated carbocycles.